The Labute approximate surface area is 115 Å². The minimum absolute atomic E-state index is 0.122. The normalized spacial score (nSPS) is 10.4. The summed E-state index contributed by atoms with van der Waals surface area (Å²) in [5.74, 6) is 0.243. The molecule has 1 aromatic heterocycles. The Kier molecular flexibility index (Phi) is 3.01. The molecule has 5 heteroatoms. The molecule has 20 heavy (non-hydrogen) atoms. The number of rotatable bonds is 2. The molecule has 0 unspecified atom stereocenters. The van der Waals surface area contributed by atoms with Gasteiger partial charge in [-0.05, 0) is 35.5 Å². The van der Waals surface area contributed by atoms with Gasteiger partial charge >= 0.3 is 0 Å². The second kappa shape index (κ2) is 4.97. The van der Waals surface area contributed by atoms with Gasteiger partial charge in [-0.15, -0.1) is 10.2 Å². The van der Waals surface area contributed by atoms with Gasteiger partial charge in [0.25, 0.3) is 0 Å². The van der Waals surface area contributed by atoms with Crippen LogP contribution in [0.2, 0.25) is 0 Å². The minimum Gasteiger partial charge on any atom is -0.507 e. The van der Waals surface area contributed by atoms with E-state index in [1.807, 2.05) is 0 Å². The van der Waals surface area contributed by atoms with Crippen molar-refractivity contribution in [2.45, 2.75) is 0 Å². The molecule has 0 aliphatic carbocycles. The topological polar surface area (TPSA) is 79.1 Å². The second-order valence-electron chi connectivity index (χ2n) is 4.24. The lowest BCUT2D eigenvalue weighted by Crippen LogP contribution is -1.94. The van der Waals surface area contributed by atoms with Crippen molar-refractivity contribution in [3.63, 3.8) is 0 Å². The van der Waals surface area contributed by atoms with E-state index in [4.69, 9.17) is 0 Å². The number of benzene rings is 2. The van der Waals surface area contributed by atoms with Crippen molar-refractivity contribution in [2.75, 3.05) is 0 Å². The van der Waals surface area contributed by atoms with E-state index in [9.17, 15) is 10.2 Å². The van der Waals surface area contributed by atoms with Crippen LogP contribution in [-0.4, -0.2) is 25.6 Å². The molecule has 0 radical (unpaired) electrons. The van der Waals surface area contributed by atoms with E-state index < -0.39 is 0 Å². The van der Waals surface area contributed by atoms with Crippen LogP contribution in [0.5, 0.6) is 11.5 Å². The average Bonchev–Trinajstić information content (AvgIpc) is 2.48. The summed E-state index contributed by atoms with van der Waals surface area (Å²) in [4.78, 5) is 0. The first kappa shape index (κ1) is 12.1. The third-order valence-electron chi connectivity index (χ3n) is 2.94. The number of hydrogen-bond acceptors (Lipinski definition) is 5. The highest BCUT2D eigenvalue weighted by atomic mass is 16.3. The lowest BCUT2D eigenvalue weighted by molar-refractivity contribution is 0.477. The van der Waals surface area contributed by atoms with Crippen molar-refractivity contribution in [3.8, 4) is 34.0 Å². The summed E-state index contributed by atoms with van der Waals surface area (Å²) in [7, 11) is 0. The number of aromatic nitrogens is 3. The molecule has 0 spiro atoms. The molecule has 2 aromatic carbocycles. The summed E-state index contributed by atoms with van der Waals surface area (Å²) in [6, 6.07) is 15.4. The van der Waals surface area contributed by atoms with Crippen molar-refractivity contribution in [1.82, 2.24) is 15.4 Å². The fourth-order valence-electron chi connectivity index (χ4n) is 1.95. The van der Waals surface area contributed by atoms with Crippen LogP contribution in [0.25, 0.3) is 22.5 Å². The molecular formula is C15H11N3O2. The number of phenols is 2. The Bertz CT molecular complexity index is 699. The Balaban J connectivity index is 2.12. The van der Waals surface area contributed by atoms with E-state index in [1.54, 1.807) is 54.6 Å². The molecule has 0 aliphatic rings. The molecule has 0 atom stereocenters. The van der Waals surface area contributed by atoms with Crippen LogP contribution < -0.4 is 0 Å². The molecule has 0 saturated carbocycles. The van der Waals surface area contributed by atoms with Gasteiger partial charge in [0.05, 0.1) is 0 Å². The standard InChI is InChI=1S/C15H11N3O2/c19-14-7-3-1-5-10(14)12-9-13(17-18-16-12)11-6-2-4-8-15(11)20/h1-9,19-20H. The lowest BCUT2D eigenvalue weighted by atomic mass is 10.1. The maximum Gasteiger partial charge on any atom is 0.125 e. The fourth-order valence-corrected chi connectivity index (χ4v) is 1.95. The van der Waals surface area contributed by atoms with Gasteiger partial charge in [-0.2, -0.15) is 0 Å². The third kappa shape index (κ3) is 2.16. The summed E-state index contributed by atoms with van der Waals surface area (Å²) < 4.78 is 0. The van der Waals surface area contributed by atoms with Crippen LogP contribution in [0.4, 0.5) is 0 Å². The molecule has 0 saturated heterocycles. The largest absolute Gasteiger partial charge is 0.507 e. The van der Waals surface area contributed by atoms with Gasteiger partial charge in [-0.25, -0.2) is 0 Å². The predicted molar refractivity (Wildman–Crippen MR) is 74.0 cm³/mol. The fraction of sp³-hybridized carbons (Fsp3) is 0. The highest BCUT2D eigenvalue weighted by molar-refractivity contribution is 5.73. The smallest absolute Gasteiger partial charge is 0.125 e. The summed E-state index contributed by atoms with van der Waals surface area (Å²) in [6.45, 7) is 0. The van der Waals surface area contributed by atoms with Gasteiger partial charge in [0.15, 0.2) is 0 Å². The summed E-state index contributed by atoms with van der Waals surface area (Å²) >= 11 is 0. The SMILES string of the molecule is Oc1ccccc1-c1cc(-c2ccccc2O)nnn1. The van der Waals surface area contributed by atoms with E-state index in [2.05, 4.69) is 15.4 Å². The highest BCUT2D eigenvalue weighted by Crippen LogP contribution is 2.31. The van der Waals surface area contributed by atoms with Crippen LogP contribution >= 0.6 is 0 Å². The first-order valence-electron chi connectivity index (χ1n) is 6.03. The Morgan fingerprint density at radius 1 is 0.650 bits per heavy atom. The van der Waals surface area contributed by atoms with Crippen LogP contribution in [0.3, 0.4) is 0 Å². The molecule has 1 heterocycles. The molecule has 2 N–H and O–H groups in total. The number of nitrogens with zero attached hydrogens (tertiary/aromatic N) is 3. The number of aromatic hydroxyl groups is 2. The third-order valence-corrected chi connectivity index (χ3v) is 2.94. The number of phenolic OH excluding ortho intramolecular Hbond substituents is 2. The zero-order valence-corrected chi connectivity index (χ0v) is 10.4. The van der Waals surface area contributed by atoms with Gasteiger partial charge in [-0.1, -0.05) is 24.3 Å². The van der Waals surface area contributed by atoms with E-state index >= 15 is 0 Å². The number of para-hydroxylation sites is 2. The second-order valence-corrected chi connectivity index (χ2v) is 4.24. The minimum atomic E-state index is 0.122. The zero-order valence-electron chi connectivity index (χ0n) is 10.4. The number of hydrogen-bond donors (Lipinski definition) is 2. The van der Waals surface area contributed by atoms with E-state index in [1.165, 1.54) is 0 Å². The predicted octanol–water partition coefficient (Wildman–Crippen LogP) is 2.62. The van der Waals surface area contributed by atoms with Crippen molar-refractivity contribution in [2.24, 2.45) is 0 Å². The van der Waals surface area contributed by atoms with Crippen LogP contribution in [0.1, 0.15) is 0 Å². The van der Waals surface area contributed by atoms with Gasteiger partial charge in [0.2, 0.25) is 0 Å². The summed E-state index contributed by atoms with van der Waals surface area (Å²) in [6.07, 6.45) is 0. The monoisotopic (exact) mass is 265 g/mol. The molecule has 0 fully saturated rings. The van der Waals surface area contributed by atoms with Crippen molar-refractivity contribution in [3.05, 3.63) is 54.6 Å². The molecule has 0 aliphatic heterocycles. The molecule has 0 bridgehead atoms. The summed E-state index contributed by atoms with van der Waals surface area (Å²) in [5, 5.41) is 31.2. The molecule has 5 nitrogen and oxygen atoms in total. The Morgan fingerprint density at radius 3 is 1.55 bits per heavy atom. The van der Waals surface area contributed by atoms with Gasteiger partial charge < -0.3 is 10.2 Å². The van der Waals surface area contributed by atoms with Gasteiger partial charge in [0, 0.05) is 11.1 Å². The summed E-state index contributed by atoms with van der Waals surface area (Å²) in [5.41, 5.74) is 2.13. The Hall–Kier alpha value is -2.95. The highest BCUT2D eigenvalue weighted by Gasteiger charge is 2.10. The first-order chi connectivity index (χ1) is 9.75. The van der Waals surface area contributed by atoms with E-state index in [-0.39, 0.29) is 11.5 Å². The van der Waals surface area contributed by atoms with Crippen molar-refractivity contribution in [1.29, 1.82) is 0 Å². The molecule has 98 valence electrons. The van der Waals surface area contributed by atoms with Crippen molar-refractivity contribution >= 4 is 0 Å². The molecule has 3 rings (SSSR count). The van der Waals surface area contributed by atoms with Gasteiger partial charge in [-0.3, -0.25) is 0 Å². The van der Waals surface area contributed by atoms with Gasteiger partial charge in [0.1, 0.15) is 22.9 Å². The molecular weight excluding hydrogens is 254 g/mol. The van der Waals surface area contributed by atoms with E-state index in [0.717, 1.165) is 0 Å². The average molecular weight is 265 g/mol. The maximum absolute atomic E-state index is 9.84. The van der Waals surface area contributed by atoms with Crippen LogP contribution in [0.15, 0.2) is 54.6 Å². The zero-order chi connectivity index (χ0) is 13.9. The molecule has 3 aromatic rings. The lowest BCUT2D eigenvalue weighted by Gasteiger charge is -2.05. The van der Waals surface area contributed by atoms with Crippen LogP contribution in [0, 0.1) is 0 Å². The van der Waals surface area contributed by atoms with Crippen LogP contribution in [-0.2, 0) is 0 Å². The molecule has 0 amide bonds. The quantitative estimate of drug-likeness (QED) is 0.744. The maximum atomic E-state index is 9.84. The Morgan fingerprint density at radius 2 is 1.10 bits per heavy atom. The first-order valence-corrected chi connectivity index (χ1v) is 6.03. The van der Waals surface area contributed by atoms with Crippen molar-refractivity contribution < 1.29 is 10.2 Å². The van der Waals surface area contributed by atoms with E-state index in [0.29, 0.717) is 22.5 Å².